The Hall–Kier alpha value is -1.68. The maximum absolute atomic E-state index is 2.61. The molecule has 0 aliphatic carbocycles. The van der Waals surface area contributed by atoms with Gasteiger partial charge in [0.15, 0.2) is 0 Å². The molecular weight excluding hydrogens is 386 g/mol. The number of rotatable bonds is 4. The lowest BCUT2D eigenvalue weighted by molar-refractivity contribution is -0.652. The van der Waals surface area contributed by atoms with Gasteiger partial charge in [-0.15, -0.1) is 0 Å². The third-order valence-corrected chi connectivity index (χ3v) is 10.8. The zero-order chi connectivity index (χ0) is 16.2. The van der Waals surface area contributed by atoms with Gasteiger partial charge in [0, 0.05) is 12.8 Å². The van der Waals surface area contributed by atoms with Crippen molar-refractivity contribution in [3.63, 3.8) is 0 Å². The third-order valence-electron chi connectivity index (χ3n) is 5.41. The van der Waals surface area contributed by atoms with Crippen LogP contribution in [0.5, 0.6) is 0 Å². The first-order valence-corrected chi connectivity index (χ1v) is 11.0. The highest BCUT2D eigenvalue weighted by atomic mass is 79.9. The van der Waals surface area contributed by atoms with Crippen molar-refractivity contribution in [1.82, 2.24) is 0 Å². The van der Waals surface area contributed by atoms with Gasteiger partial charge in [-0.3, -0.25) is 0 Å². The molecule has 2 N–H and O–H groups in total. The molecule has 1 heterocycles. The van der Waals surface area contributed by atoms with E-state index >= 15 is 0 Å². The Balaban J connectivity index is 0.00000182. The summed E-state index contributed by atoms with van der Waals surface area (Å²) in [5.41, 5.74) is 0.671. The van der Waals surface area contributed by atoms with E-state index < -0.39 is 8.07 Å². The SMILES string of the molecule is [Br-].c1ccc([Si](c2ccccc2)(c2ccccc2)[C@H]2CCC[NH2+]2)cc1. The minimum Gasteiger partial charge on any atom is -1.00 e. The van der Waals surface area contributed by atoms with Gasteiger partial charge in [0.05, 0.1) is 12.2 Å². The van der Waals surface area contributed by atoms with Gasteiger partial charge in [0.1, 0.15) is 0 Å². The normalized spacial score (nSPS) is 17.0. The Bertz CT molecular complexity index is 674. The molecule has 0 bridgehead atoms. The average Bonchev–Trinajstić information content (AvgIpc) is 3.20. The summed E-state index contributed by atoms with van der Waals surface area (Å²) < 4.78 is 0. The van der Waals surface area contributed by atoms with Crippen LogP contribution in [0.3, 0.4) is 0 Å². The summed E-state index contributed by atoms with van der Waals surface area (Å²) in [6.45, 7) is 1.26. The van der Waals surface area contributed by atoms with Crippen molar-refractivity contribution in [1.29, 1.82) is 0 Å². The van der Waals surface area contributed by atoms with Gasteiger partial charge in [0.25, 0.3) is 0 Å². The van der Waals surface area contributed by atoms with Crippen LogP contribution in [0.1, 0.15) is 12.8 Å². The van der Waals surface area contributed by atoms with Crippen LogP contribution in [0.15, 0.2) is 91.0 Å². The van der Waals surface area contributed by atoms with Crippen LogP contribution in [0.4, 0.5) is 0 Å². The van der Waals surface area contributed by atoms with Gasteiger partial charge >= 0.3 is 0 Å². The zero-order valence-corrected chi connectivity index (χ0v) is 16.9. The highest BCUT2D eigenvalue weighted by Crippen LogP contribution is 2.15. The number of halogens is 1. The second-order valence-electron chi connectivity index (χ2n) is 6.68. The first-order valence-electron chi connectivity index (χ1n) is 8.92. The summed E-state index contributed by atoms with van der Waals surface area (Å²) in [6.07, 6.45) is 2.64. The van der Waals surface area contributed by atoms with Crippen molar-refractivity contribution in [3.8, 4) is 0 Å². The van der Waals surface area contributed by atoms with Gasteiger partial charge in [-0.05, 0) is 15.6 Å². The van der Waals surface area contributed by atoms with Crippen molar-refractivity contribution in [2.75, 3.05) is 6.54 Å². The first-order chi connectivity index (χ1) is 11.9. The van der Waals surface area contributed by atoms with Crippen molar-refractivity contribution in [2.45, 2.75) is 18.5 Å². The Morgan fingerprint density at radius 3 is 1.36 bits per heavy atom. The van der Waals surface area contributed by atoms with Crippen molar-refractivity contribution < 1.29 is 22.3 Å². The van der Waals surface area contributed by atoms with E-state index in [1.807, 2.05) is 0 Å². The Kier molecular flexibility index (Phi) is 5.89. The number of hydrogen-bond acceptors (Lipinski definition) is 0. The summed E-state index contributed by atoms with van der Waals surface area (Å²) in [5, 5.41) is 7.21. The minimum atomic E-state index is -2.05. The van der Waals surface area contributed by atoms with E-state index in [-0.39, 0.29) is 17.0 Å². The van der Waals surface area contributed by atoms with E-state index in [1.54, 1.807) is 0 Å². The van der Waals surface area contributed by atoms with Gasteiger partial charge < -0.3 is 22.3 Å². The molecule has 1 fully saturated rings. The van der Waals surface area contributed by atoms with E-state index in [0.29, 0.717) is 5.67 Å². The predicted octanol–water partition coefficient (Wildman–Crippen LogP) is -1.57. The standard InChI is InChI=1S/C22H23NSi.BrH/c1-4-11-19(12-5-1)24(22-17-10-18-23-22,20-13-6-2-7-14-20)21-15-8-3-9-16-21;/h1-9,11-16,22-23H,10,17-18H2;1H/t22-;/m0./s1. The van der Waals surface area contributed by atoms with Crippen LogP contribution in [-0.2, 0) is 0 Å². The van der Waals surface area contributed by atoms with E-state index in [0.717, 1.165) is 0 Å². The maximum atomic E-state index is 2.61. The monoisotopic (exact) mass is 409 g/mol. The molecule has 0 radical (unpaired) electrons. The number of quaternary nitrogens is 1. The van der Waals surface area contributed by atoms with E-state index in [1.165, 1.54) is 34.9 Å². The number of benzene rings is 3. The van der Waals surface area contributed by atoms with E-state index in [2.05, 4.69) is 96.3 Å². The molecule has 1 aliphatic rings. The van der Waals surface area contributed by atoms with Crippen LogP contribution in [0, 0.1) is 0 Å². The Labute approximate surface area is 161 Å². The molecule has 1 nitrogen and oxygen atoms in total. The van der Waals surface area contributed by atoms with Crippen molar-refractivity contribution >= 4 is 23.6 Å². The van der Waals surface area contributed by atoms with Gasteiger partial charge in [0.2, 0.25) is 8.07 Å². The fraction of sp³-hybridized carbons (Fsp3) is 0.182. The highest BCUT2D eigenvalue weighted by Gasteiger charge is 2.50. The van der Waals surface area contributed by atoms with Crippen LogP contribution in [0.2, 0.25) is 0 Å². The van der Waals surface area contributed by atoms with Crippen molar-refractivity contribution in [3.05, 3.63) is 91.0 Å². The topological polar surface area (TPSA) is 16.6 Å². The molecule has 0 aromatic heterocycles. The largest absolute Gasteiger partial charge is 1.00 e. The van der Waals surface area contributed by atoms with E-state index in [9.17, 15) is 0 Å². The molecule has 3 aromatic carbocycles. The first kappa shape index (κ1) is 18.1. The fourth-order valence-corrected chi connectivity index (χ4v) is 10.0. The molecule has 25 heavy (non-hydrogen) atoms. The molecule has 128 valence electrons. The predicted molar refractivity (Wildman–Crippen MR) is 104 cm³/mol. The van der Waals surface area contributed by atoms with Crippen molar-refractivity contribution in [2.24, 2.45) is 0 Å². The Morgan fingerprint density at radius 2 is 1.04 bits per heavy atom. The number of hydrogen-bond donors (Lipinski definition) is 1. The molecule has 0 amide bonds. The molecular formula is C22H24BrNSi. The molecule has 4 rings (SSSR count). The maximum Gasteiger partial charge on any atom is 0.214 e. The molecule has 0 unspecified atom stereocenters. The Morgan fingerprint density at radius 1 is 0.640 bits per heavy atom. The highest BCUT2D eigenvalue weighted by molar-refractivity contribution is 7.12. The molecule has 3 aromatic rings. The molecule has 3 heteroatoms. The lowest BCUT2D eigenvalue weighted by Crippen LogP contribution is -3.00. The van der Waals surface area contributed by atoms with Gasteiger partial charge in [-0.1, -0.05) is 91.0 Å². The fourth-order valence-electron chi connectivity index (χ4n) is 4.41. The molecule has 1 aliphatic heterocycles. The minimum absolute atomic E-state index is 0. The average molecular weight is 410 g/mol. The summed E-state index contributed by atoms with van der Waals surface area (Å²) in [5.74, 6) is 0. The van der Waals surface area contributed by atoms with Crippen LogP contribution < -0.4 is 37.9 Å². The van der Waals surface area contributed by atoms with Crippen LogP contribution in [0.25, 0.3) is 0 Å². The zero-order valence-electron chi connectivity index (χ0n) is 14.3. The van der Waals surface area contributed by atoms with Crippen LogP contribution >= 0.6 is 0 Å². The third kappa shape index (κ3) is 3.24. The molecule has 0 saturated carbocycles. The summed E-state index contributed by atoms with van der Waals surface area (Å²) >= 11 is 0. The molecule has 0 spiro atoms. The van der Waals surface area contributed by atoms with Gasteiger partial charge in [-0.2, -0.15) is 0 Å². The van der Waals surface area contributed by atoms with E-state index in [4.69, 9.17) is 0 Å². The summed E-state index contributed by atoms with van der Waals surface area (Å²) in [6, 6.07) is 33.8. The number of nitrogens with two attached hydrogens (primary N) is 1. The second-order valence-corrected chi connectivity index (χ2v) is 10.8. The lowest BCUT2D eigenvalue weighted by Gasteiger charge is -2.36. The van der Waals surface area contributed by atoms with Gasteiger partial charge in [-0.25, -0.2) is 0 Å². The second kappa shape index (κ2) is 8.13. The smallest absolute Gasteiger partial charge is 0.214 e. The quantitative estimate of drug-likeness (QED) is 0.395. The summed E-state index contributed by atoms with van der Waals surface area (Å²) in [4.78, 5) is 0. The lowest BCUT2D eigenvalue weighted by atomic mass is 10.3. The molecule has 1 saturated heterocycles. The van der Waals surface area contributed by atoms with Crippen LogP contribution in [-0.4, -0.2) is 20.3 Å². The summed E-state index contributed by atoms with van der Waals surface area (Å²) in [7, 11) is -2.05. The molecule has 1 atom stereocenters.